The zero-order chi connectivity index (χ0) is 26.5. The van der Waals surface area contributed by atoms with Gasteiger partial charge in [0, 0.05) is 51.6 Å². The Morgan fingerprint density at radius 1 is 1.08 bits per heavy atom. The molecule has 3 aromatic heterocycles. The van der Waals surface area contributed by atoms with E-state index in [9.17, 15) is 4.79 Å². The minimum atomic E-state index is -0.330. The van der Waals surface area contributed by atoms with Gasteiger partial charge in [0.1, 0.15) is 5.76 Å². The third-order valence-electron chi connectivity index (χ3n) is 6.86. The number of rotatable bonds is 9. The number of hydrogen-bond acceptors (Lipinski definition) is 6. The Labute approximate surface area is 232 Å². The number of aromatic nitrogens is 3. The lowest BCUT2D eigenvalue weighted by molar-refractivity contribution is 0.0951. The van der Waals surface area contributed by atoms with Gasteiger partial charge in [-0.2, -0.15) is 0 Å². The van der Waals surface area contributed by atoms with Gasteiger partial charge >= 0.3 is 0 Å². The predicted molar refractivity (Wildman–Crippen MR) is 147 cm³/mol. The molecule has 0 radical (unpaired) electrons. The van der Waals surface area contributed by atoms with Gasteiger partial charge < -0.3 is 9.73 Å². The zero-order valence-electron chi connectivity index (χ0n) is 21.2. The van der Waals surface area contributed by atoms with Crippen LogP contribution in [0.5, 0.6) is 0 Å². The molecule has 1 aromatic carbocycles. The van der Waals surface area contributed by atoms with Crippen molar-refractivity contribution in [1.29, 1.82) is 0 Å². The van der Waals surface area contributed by atoms with Crippen molar-refractivity contribution < 1.29 is 9.21 Å². The van der Waals surface area contributed by atoms with E-state index in [2.05, 4.69) is 38.4 Å². The van der Waals surface area contributed by atoms with Crippen molar-refractivity contribution in [2.75, 3.05) is 6.54 Å². The van der Waals surface area contributed by atoms with Crippen LogP contribution in [0.15, 0.2) is 65.6 Å². The van der Waals surface area contributed by atoms with Crippen LogP contribution in [0.4, 0.5) is 0 Å². The zero-order valence-corrected chi connectivity index (χ0v) is 22.7. The lowest BCUT2D eigenvalue weighted by atomic mass is 9.90. The van der Waals surface area contributed by atoms with E-state index in [4.69, 9.17) is 32.6 Å². The Kier molecular flexibility index (Phi) is 8.37. The number of halogens is 2. The number of amides is 1. The second kappa shape index (κ2) is 12.1. The van der Waals surface area contributed by atoms with E-state index in [0.717, 1.165) is 50.1 Å². The average Bonchev–Trinajstić information content (AvgIpc) is 3.35. The van der Waals surface area contributed by atoms with Crippen molar-refractivity contribution in [3.05, 3.63) is 111 Å². The maximum atomic E-state index is 12.6. The lowest BCUT2D eigenvalue weighted by Crippen LogP contribution is -2.33. The molecule has 0 aliphatic heterocycles. The number of fused-ring (bicyclic) bond motifs is 1. The molecule has 0 saturated carbocycles. The van der Waals surface area contributed by atoms with E-state index in [0.29, 0.717) is 12.4 Å². The molecule has 0 bridgehead atoms. The summed E-state index contributed by atoms with van der Waals surface area (Å²) in [4.78, 5) is 28.0. The summed E-state index contributed by atoms with van der Waals surface area (Å²) < 4.78 is 5.74. The summed E-state index contributed by atoms with van der Waals surface area (Å²) in [5.74, 6) is 1.25. The number of benzene rings is 1. The van der Waals surface area contributed by atoms with Gasteiger partial charge in [-0.25, -0.2) is 4.98 Å². The first kappa shape index (κ1) is 26.4. The van der Waals surface area contributed by atoms with Crippen LogP contribution in [0, 0.1) is 6.92 Å². The van der Waals surface area contributed by atoms with Crippen LogP contribution in [-0.2, 0) is 25.9 Å². The molecule has 3 heterocycles. The average molecular weight is 550 g/mol. The standard InChI is InChI=1S/C29H29Cl2N5O2/c1-19-34-15-23(38-19)11-13-36(26-6-2-4-22-5-3-12-33-28(22)26)18-21-9-7-20(8-10-21)14-35-29(37)27-24(30)16-32-17-25(27)31/h3,5,7-10,12,15-17,26H,2,4,6,11,13-14,18H2,1H3,(H,35,37). The van der Waals surface area contributed by atoms with E-state index in [1.807, 2.05) is 37.5 Å². The number of nitrogens with one attached hydrogen (secondary N) is 1. The topological polar surface area (TPSA) is 84.2 Å². The molecule has 1 aliphatic rings. The van der Waals surface area contributed by atoms with Gasteiger partial charge in [-0.15, -0.1) is 0 Å². The van der Waals surface area contributed by atoms with Crippen molar-refractivity contribution in [1.82, 2.24) is 25.2 Å². The van der Waals surface area contributed by atoms with E-state index < -0.39 is 0 Å². The van der Waals surface area contributed by atoms with Gasteiger partial charge in [0.25, 0.3) is 5.91 Å². The molecule has 9 heteroatoms. The van der Waals surface area contributed by atoms with E-state index in [1.165, 1.54) is 29.2 Å². The Hall–Kier alpha value is -3.26. The van der Waals surface area contributed by atoms with E-state index >= 15 is 0 Å². The van der Waals surface area contributed by atoms with Crippen molar-refractivity contribution >= 4 is 29.1 Å². The van der Waals surface area contributed by atoms with Crippen molar-refractivity contribution in [3.8, 4) is 0 Å². The van der Waals surface area contributed by atoms with Gasteiger partial charge in [-0.1, -0.05) is 53.5 Å². The Morgan fingerprint density at radius 3 is 2.58 bits per heavy atom. The summed E-state index contributed by atoms with van der Waals surface area (Å²) in [5.41, 5.74) is 4.93. The SMILES string of the molecule is Cc1ncc(CCN(Cc2ccc(CNC(=O)c3c(Cl)cncc3Cl)cc2)C2CCCc3cccnc32)o1. The largest absolute Gasteiger partial charge is 0.446 e. The molecule has 1 amide bonds. The first-order valence-corrected chi connectivity index (χ1v) is 13.5. The third-order valence-corrected chi connectivity index (χ3v) is 7.44. The summed E-state index contributed by atoms with van der Waals surface area (Å²) in [7, 11) is 0. The van der Waals surface area contributed by atoms with Crippen molar-refractivity contribution in [2.45, 2.75) is 51.7 Å². The molecule has 5 rings (SSSR count). The number of carbonyl (C=O) groups is 1. The number of pyridine rings is 2. The first-order valence-electron chi connectivity index (χ1n) is 12.7. The molecule has 196 valence electrons. The van der Waals surface area contributed by atoms with Gasteiger partial charge in [-0.05, 0) is 42.0 Å². The maximum Gasteiger partial charge on any atom is 0.254 e. The fourth-order valence-electron chi connectivity index (χ4n) is 4.96. The molecule has 1 unspecified atom stereocenters. The molecule has 7 nitrogen and oxygen atoms in total. The summed E-state index contributed by atoms with van der Waals surface area (Å²) in [6.45, 7) is 3.85. The highest BCUT2D eigenvalue weighted by Gasteiger charge is 2.27. The van der Waals surface area contributed by atoms with Crippen LogP contribution in [0.3, 0.4) is 0 Å². The van der Waals surface area contributed by atoms with E-state index in [-0.39, 0.29) is 27.6 Å². The Bertz CT molecular complexity index is 1390. The van der Waals surface area contributed by atoms with Crippen LogP contribution in [-0.4, -0.2) is 32.3 Å². The van der Waals surface area contributed by atoms with Gasteiger partial charge in [0.2, 0.25) is 0 Å². The number of nitrogens with zero attached hydrogens (tertiary/aromatic N) is 4. The van der Waals surface area contributed by atoms with Crippen LogP contribution >= 0.6 is 23.2 Å². The molecule has 1 aliphatic carbocycles. The number of aryl methyl sites for hydroxylation is 2. The Balaban J connectivity index is 1.28. The maximum absolute atomic E-state index is 12.6. The lowest BCUT2D eigenvalue weighted by Gasteiger charge is -2.35. The molecule has 0 spiro atoms. The normalized spacial score (nSPS) is 14.9. The van der Waals surface area contributed by atoms with Gasteiger partial charge in [0.05, 0.1) is 33.5 Å². The second-order valence-electron chi connectivity index (χ2n) is 9.50. The van der Waals surface area contributed by atoms with Crippen LogP contribution in [0.25, 0.3) is 0 Å². The molecular weight excluding hydrogens is 521 g/mol. The highest BCUT2D eigenvalue weighted by Crippen LogP contribution is 2.34. The first-order chi connectivity index (χ1) is 18.5. The van der Waals surface area contributed by atoms with Crippen molar-refractivity contribution in [2.24, 2.45) is 0 Å². The van der Waals surface area contributed by atoms with Crippen LogP contribution < -0.4 is 5.32 Å². The smallest absolute Gasteiger partial charge is 0.254 e. The molecule has 0 saturated heterocycles. The number of hydrogen-bond donors (Lipinski definition) is 1. The molecule has 38 heavy (non-hydrogen) atoms. The summed E-state index contributed by atoms with van der Waals surface area (Å²) in [6.07, 6.45) is 10.6. The second-order valence-corrected chi connectivity index (χ2v) is 10.3. The fourth-order valence-corrected chi connectivity index (χ4v) is 5.49. The minimum absolute atomic E-state index is 0.227. The number of oxazole rings is 1. The predicted octanol–water partition coefficient (Wildman–Crippen LogP) is 6.13. The molecular formula is C29H29Cl2N5O2. The third kappa shape index (κ3) is 6.23. The van der Waals surface area contributed by atoms with Crippen LogP contribution in [0.2, 0.25) is 10.0 Å². The molecule has 0 fully saturated rings. The molecule has 1 N–H and O–H groups in total. The highest BCUT2D eigenvalue weighted by atomic mass is 35.5. The van der Waals surface area contributed by atoms with Crippen molar-refractivity contribution in [3.63, 3.8) is 0 Å². The summed E-state index contributed by atoms with van der Waals surface area (Å²) >= 11 is 12.2. The van der Waals surface area contributed by atoms with E-state index in [1.54, 1.807) is 0 Å². The Morgan fingerprint density at radius 2 is 1.84 bits per heavy atom. The summed E-state index contributed by atoms with van der Waals surface area (Å²) in [5, 5.41) is 3.34. The van der Waals surface area contributed by atoms with Crippen LogP contribution in [0.1, 0.15) is 63.3 Å². The highest BCUT2D eigenvalue weighted by molar-refractivity contribution is 6.39. The number of carbonyl (C=O) groups excluding carboxylic acids is 1. The molecule has 4 aromatic rings. The minimum Gasteiger partial charge on any atom is -0.446 e. The molecule has 1 atom stereocenters. The van der Waals surface area contributed by atoms with Gasteiger partial charge in [0.15, 0.2) is 5.89 Å². The quantitative estimate of drug-likeness (QED) is 0.270. The monoisotopic (exact) mass is 549 g/mol. The fraction of sp³-hybridized carbons (Fsp3) is 0.310. The van der Waals surface area contributed by atoms with Gasteiger partial charge in [-0.3, -0.25) is 19.7 Å². The summed E-state index contributed by atoms with van der Waals surface area (Å²) in [6, 6.07) is 12.8.